The van der Waals surface area contributed by atoms with Gasteiger partial charge in [-0.3, -0.25) is 0 Å². The van der Waals surface area contributed by atoms with Crippen molar-refractivity contribution in [3.63, 3.8) is 0 Å². The van der Waals surface area contributed by atoms with Crippen molar-refractivity contribution in [3.05, 3.63) is 35.2 Å². The molecule has 1 fully saturated rings. The number of thiophene rings is 1. The number of rotatable bonds is 3. The minimum atomic E-state index is 0.403. The highest BCUT2D eigenvalue weighted by Crippen LogP contribution is 2.72. The fourth-order valence-electron chi connectivity index (χ4n) is 3.84. The maximum atomic E-state index is 3.58. The monoisotopic (exact) mass is 273 g/mol. The van der Waals surface area contributed by atoms with Gasteiger partial charge in [0.15, 0.2) is 0 Å². The molecule has 19 heavy (non-hydrogen) atoms. The van der Waals surface area contributed by atoms with Crippen LogP contribution in [0.15, 0.2) is 29.6 Å². The van der Waals surface area contributed by atoms with Crippen molar-refractivity contribution in [2.45, 2.75) is 33.7 Å². The molecule has 1 heterocycles. The van der Waals surface area contributed by atoms with Crippen LogP contribution in [0.4, 0.5) is 0 Å². The SMILES string of the molecule is CNC(c1cccc2ccsc12)C1C(C)(C)C1(C)C. The molecule has 1 aliphatic rings. The van der Waals surface area contributed by atoms with Gasteiger partial charge in [0, 0.05) is 10.7 Å². The second-order valence-electron chi connectivity index (χ2n) is 6.87. The van der Waals surface area contributed by atoms with Gasteiger partial charge in [-0.2, -0.15) is 0 Å². The Labute approximate surface area is 120 Å². The first-order valence-electron chi connectivity index (χ1n) is 7.04. The zero-order valence-corrected chi connectivity index (χ0v) is 13.3. The second kappa shape index (κ2) is 4.07. The average molecular weight is 273 g/mol. The Morgan fingerprint density at radius 1 is 1.11 bits per heavy atom. The van der Waals surface area contributed by atoms with E-state index in [0.29, 0.717) is 22.8 Å². The maximum Gasteiger partial charge on any atom is 0.0390 e. The summed E-state index contributed by atoms with van der Waals surface area (Å²) in [7, 11) is 2.10. The third-order valence-corrected chi connectivity index (χ3v) is 6.60. The summed E-state index contributed by atoms with van der Waals surface area (Å²) in [6.45, 7) is 9.60. The maximum absolute atomic E-state index is 3.58. The first kappa shape index (κ1) is 13.1. The lowest BCUT2D eigenvalue weighted by molar-refractivity contribution is 0.441. The van der Waals surface area contributed by atoms with Gasteiger partial charge >= 0.3 is 0 Å². The van der Waals surface area contributed by atoms with Crippen LogP contribution in [-0.2, 0) is 0 Å². The standard InChI is InChI=1S/C17H23NS/c1-16(2)15(17(16,3)4)13(18-5)12-8-6-7-11-9-10-19-14(11)12/h6-10,13,15,18H,1-5H3. The number of benzene rings is 1. The fourth-order valence-corrected chi connectivity index (χ4v) is 4.80. The smallest absolute Gasteiger partial charge is 0.0390 e. The molecule has 1 aromatic carbocycles. The molecular weight excluding hydrogens is 250 g/mol. The lowest BCUT2D eigenvalue weighted by Crippen LogP contribution is -2.21. The first-order valence-corrected chi connectivity index (χ1v) is 7.92. The van der Waals surface area contributed by atoms with E-state index in [1.54, 1.807) is 0 Å². The predicted molar refractivity (Wildman–Crippen MR) is 84.7 cm³/mol. The molecule has 3 rings (SSSR count). The van der Waals surface area contributed by atoms with Crippen molar-refractivity contribution in [2.75, 3.05) is 7.05 Å². The summed E-state index contributed by atoms with van der Waals surface area (Å²) in [5.41, 5.74) is 2.28. The molecule has 1 atom stereocenters. The van der Waals surface area contributed by atoms with Crippen LogP contribution in [0.1, 0.15) is 39.3 Å². The molecule has 2 heteroatoms. The number of hydrogen-bond donors (Lipinski definition) is 1. The molecule has 2 aromatic rings. The van der Waals surface area contributed by atoms with Crippen molar-refractivity contribution < 1.29 is 0 Å². The van der Waals surface area contributed by atoms with E-state index in [9.17, 15) is 0 Å². The third kappa shape index (κ3) is 1.70. The molecule has 0 aliphatic heterocycles. The second-order valence-corrected chi connectivity index (χ2v) is 7.79. The highest BCUT2D eigenvalue weighted by atomic mass is 32.1. The largest absolute Gasteiger partial charge is 0.313 e. The van der Waals surface area contributed by atoms with Gasteiger partial charge in [0.2, 0.25) is 0 Å². The lowest BCUT2D eigenvalue weighted by Gasteiger charge is -2.20. The van der Waals surface area contributed by atoms with Gasteiger partial charge in [0.1, 0.15) is 0 Å². The van der Waals surface area contributed by atoms with Crippen molar-refractivity contribution in [3.8, 4) is 0 Å². The van der Waals surface area contributed by atoms with E-state index in [2.05, 4.69) is 69.7 Å². The van der Waals surface area contributed by atoms with Gasteiger partial charge in [-0.15, -0.1) is 11.3 Å². The Kier molecular flexibility index (Phi) is 2.81. The number of fused-ring (bicyclic) bond motifs is 1. The Morgan fingerprint density at radius 3 is 2.37 bits per heavy atom. The summed E-state index contributed by atoms with van der Waals surface area (Å²) in [6, 6.07) is 9.37. The summed E-state index contributed by atoms with van der Waals surface area (Å²) < 4.78 is 1.44. The molecule has 0 radical (unpaired) electrons. The van der Waals surface area contributed by atoms with Crippen LogP contribution in [-0.4, -0.2) is 7.05 Å². The van der Waals surface area contributed by atoms with Crippen LogP contribution in [0.2, 0.25) is 0 Å². The Hall–Kier alpha value is -0.860. The summed E-state index contributed by atoms with van der Waals surface area (Å²) in [5, 5.41) is 7.15. The van der Waals surface area contributed by atoms with Crippen LogP contribution in [0.5, 0.6) is 0 Å². The zero-order chi connectivity index (χ0) is 13.8. The molecule has 0 spiro atoms. The highest BCUT2D eigenvalue weighted by molar-refractivity contribution is 7.17. The third-order valence-electron chi connectivity index (χ3n) is 5.62. The molecular formula is C17H23NS. The Morgan fingerprint density at radius 2 is 1.79 bits per heavy atom. The van der Waals surface area contributed by atoms with Gasteiger partial charge in [-0.25, -0.2) is 0 Å². The van der Waals surface area contributed by atoms with Gasteiger partial charge < -0.3 is 5.32 Å². The van der Waals surface area contributed by atoms with Gasteiger partial charge in [0.05, 0.1) is 0 Å². The van der Waals surface area contributed by atoms with Gasteiger partial charge in [0.25, 0.3) is 0 Å². The lowest BCUT2D eigenvalue weighted by atomic mass is 9.96. The Balaban J connectivity index is 2.07. The van der Waals surface area contributed by atoms with Gasteiger partial charge in [-0.05, 0) is 46.2 Å². The van der Waals surface area contributed by atoms with Crippen molar-refractivity contribution in [1.82, 2.24) is 5.32 Å². The first-order chi connectivity index (χ1) is 8.91. The average Bonchev–Trinajstić information content (AvgIpc) is 2.75. The molecule has 0 bridgehead atoms. The molecule has 102 valence electrons. The van der Waals surface area contributed by atoms with Crippen LogP contribution in [0, 0.1) is 16.7 Å². The molecule has 1 aliphatic carbocycles. The number of nitrogens with one attached hydrogen (secondary N) is 1. The van der Waals surface area contributed by atoms with E-state index in [0.717, 1.165) is 0 Å². The minimum absolute atomic E-state index is 0.403. The van der Waals surface area contributed by atoms with E-state index >= 15 is 0 Å². The molecule has 1 nitrogen and oxygen atoms in total. The number of hydrogen-bond acceptors (Lipinski definition) is 2. The van der Waals surface area contributed by atoms with E-state index in [4.69, 9.17) is 0 Å². The highest BCUT2D eigenvalue weighted by Gasteiger charge is 2.67. The minimum Gasteiger partial charge on any atom is -0.313 e. The molecule has 1 unspecified atom stereocenters. The normalized spacial score (nSPS) is 22.6. The van der Waals surface area contributed by atoms with E-state index < -0.39 is 0 Å². The van der Waals surface area contributed by atoms with Crippen LogP contribution < -0.4 is 5.32 Å². The summed E-state index contributed by atoms with van der Waals surface area (Å²) >= 11 is 1.86. The molecule has 0 saturated heterocycles. The summed E-state index contributed by atoms with van der Waals surface area (Å²) in [5.74, 6) is 0.692. The van der Waals surface area contributed by atoms with Gasteiger partial charge in [-0.1, -0.05) is 45.9 Å². The van der Waals surface area contributed by atoms with Crippen LogP contribution >= 0.6 is 11.3 Å². The fraction of sp³-hybridized carbons (Fsp3) is 0.529. The van der Waals surface area contributed by atoms with Crippen LogP contribution in [0.25, 0.3) is 10.1 Å². The predicted octanol–water partition coefficient (Wildman–Crippen LogP) is 4.84. The van der Waals surface area contributed by atoms with Crippen molar-refractivity contribution in [1.29, 1.82) is 0 Å². The van der Waals surface area contributed by atoms with E-state index in [1.807, 2.05) is 11.3 Å². The van der Waals surface area contributed by atoms with Crippen molar-refractivity contribution in [2.24, 2.45) is 16.7 Å². The molecule has 1 aromatic heterocycles. The zero-order valence-electron chi connectivity index (χ0n) is 12.4. The van der Waals surface area contributed by atoms with Crippen molar-refractivity contribution >= 4 is 21.4 Å². The molecule has 1 N–H and O–H groups in total. The van der Waals surface area contributed by atoms with E-state index in [1.165, 1.54) is 15.6 Å². The molecule has 1 saturated carbocycles. The summed E-state index contributed by atoms with van der Waals surface area (Å²) in [6.07, 6.45) is 0. The van der Waals surface area contributed by atoms with E-state index in [-0.39, 0.29) is 0 Å². The Bertz CT molecular complexity index is 595. The summed E-state index contributed by atoms with van der Waals surface area (Å²) in [4.78, 5) is 0. The molecule has 0 amide bonds. The van der Waals surface area contributed by atoms with Crippen LogP contribution in [0.3, 0.4) is 0 Å². The quantitative estimate of drug-likeness (QED) is 0.843. The topological polar surface area (TPSA) is 12.0 Å².